The van der Waals surface area contributed by atoms with Crippen LogP contribution in [0, 0.1) is 0 Å². The number of hydrogen-bond donors (Lipinski definition) is 2. The van der Waals surface area contributed by atoms with Crippen LogP contribution in [0.4, 0.5) is 0 Å². The largest absolute Gasteiger partial charge is 0.357 e. The van der Waals surface area contributed by atoms with Crippen LogP contribution in [0.1, 0.15) is 45.1 Å². The number of guanidine groups is 1. The summed E-state index contributed by atoms with van der Waals surface area (Å²) in [5, 5.41) is 11.1. The van der Waals surface area contributed by atoms with Crippen molar-refractivity contribution < 1.29 is 4.79 Å². The van der Waals surface area contributed by atoms with Gasteiger partial charge in [-0.25, -0.2) is 0 Å². The minimum atomic E-state index is 0.238. The van der Waals surface area contributed by atoms with E-state index in [1.54, 1.807) is 11.3 Å². The van der Waals surface area contributed by atoms with Crippen molar-refractivity contribution in [2.45, 2.75) is 45.6 Å². The zero-order valence-electron chi connectivity index (χ0n) is 14.3. The van der Waals surface area contributed by atoms with Crippen molar-refractivity contribution in [1.29, 1.82) is 0 Å². The Bertz CT molecular complexity index is 515. The van der Waals surface area contributed by atoms with Crippen molar-refractivity contribution in [1.82, 2.24) is 15.5 Å². The maximum Gasteiger partial charge on any atom is 0.222 e. The molecule has 6 heteroatoms. The number of carbonyl (C=O) groups is 1. The van der Waals surface area contributed by atoms with Gasteiger partial charge in [-0.3, -0.25) is 9.79 Å². The molecule has 2 rings (SSSR count). The van der Waals surface area contributed by atoms with Gasteiger partial charge in [-0.15, -0.1) is 0 Å². The Morgan fingerprint density at radius 1 is 1.52 bits per heavy atom. The van der Waals surface area contributed by atoms with Crippen LogP contribution < -0.4 is 10.6 Å². The second-order valence-corrected chi connectivity index (χ2v) is 6.78. The Morgan fingerprint density at radius 3 is 3.00 bits per heavy atom. The van der Waals surface area contributed by atoms with Crippen LogP contribution in [0.3, 0.4) is 0 Å². The van der Waals surface area contributed by atoms with Crippen molar-refractivity contribution in [2.24, 2.45) is 4.99 Å². The molecule has 0 radical (unpaired) electrons. The summed E-state index contributed by atoms with van der Waals surface area (Å²) in [6, 6.07) is 2.45. The van der Waals surface area contributed by atoms with E-state index in [0.29, 0.717) is 18.4 Å². The number of amides is 1. The van der Waals surface area contributed by atoms with Crippen molar-refractivity contribution >= 4 is 23.2 Å². The molecule has 23 heavy (non-hydrogen) atoms. The highest BCUT2D eigenvalue weighted by atomic mass is 32.1. The van der Waals surface area contributed by atoms with E-state index in [1.165, 1.54) is 5.56 Å². The summed E-state index contributed by atoms with van der Waals surface area (Å²) >= 11 is 1.73. The summed E-state index contributed by atoms with van der Waals surface area (Å²) in [4.78, 5) is 18.4. The summed E-state index contributed by atoms with van der Waals surface area (Å²) in [5.41, 5.74) is 1.34. The molecule has 1 aliphatic heterocycles. The molecule has 2 heterocycles. The molecule has 1 saturated heterocycles. The smallest absolute Gasteiger partial charge is 0.222 e. The molecule has 128 valence electrons. The van der Waals surface area contributed by atoms with Gasteiger partial charge in [0.1, 0.15) is 0 Å². The van der Waals surface area contributed by atoms with E-state index in [4.69, 9.17) is 4.99 Å². The van der Waals surface area contributed by atoms with Gasteiger partial charge in [0, 0.05) is 44.6 Å². The van der Waals surface area contributed by atoms with Gasteiger partial charge < -0.3 is 15.5 Å². The highest BCUT2D eigenvalue weighted by Crippen LogP contribution is 2.18. The maximum atomic E-state index is 11.8. The zero-order valence-corrected chi connectivity index (χ0v) is 15.2. The SMILES string of the molecule is CCNC(=NCC(C)c1ccsc1)NC1CCN(C(=O)CC)C1. The summed E-state index contributed by atoms with van der Waals surface area (Å²) in [7, 11) is 0. The summed E-state index contributed by atoms with van der Waals surface area (Å²) in [6.07, 6.45) is 1.56. The summed E-state index contributed by atoms with van der Waals surface area (Å²) in [5.74, 6) is 1.51. The lowest BCUT2D eigenvalue weighted by Crippen LogP contribution is -2.45. The third-order valence-electron chi connectivity index (χ3n) is 4.16. The van der Waals surface area contributed by atoms with E-state index in [2.05, 4.69) is 41.3 Å². The first kappa shape index (κ1) is 17.8. The standard InChI is InChI=1S/C17H28N4OS/c1-4-16(22)21-8-6-15(11-21)20-17(18-5-2)19-10-13(3)14-7-9-23-12-14/h7,9,12-13,15H,4-6,8,10-11H2,1-3H3,(H2,18,19,20). The van der Waals surface area contributed by atoms with Gasteiger partial charge in [-0.05, 0) is 35.7 Å². The molecule has 2 N–H and O–H groups in total. The summed E-state index contributed by atoms with van der Waals surface area (Å²) in [6.45, 7) is 9.40. The molecule has 0 aliphatic carbocycles. The molecule has 0 aromatic carbocycles. The molecule has 5 nitrogen and oxygen atoms in total. The number of rotatable bonds is 6. The third-order valence-corrected chi connectivity index (χ3v) is 4.87. The molecule has 1 fully saturated rings. The van der Waals surface area contributed by atoms with E-state index in [0.717, 1.165) is 38.6 Å². The van der Waals surface area contributed by atoms with Crippen molar-refractivity contribution in [3.8, 4) is 0 Å². The molecular formula is C17H28N4OS. The molecule has 2 unspecified atom stereocenters. The van der Waals surface area contributed by atoms with Crippen LogP contribution in [0.5, 0.6) is 0 Å². The Kier molecular flexibility index (Phi) is 6.89. The molecule has 1 aliphatic rings. The Hall–Kier alpha value is -1.56. The first-order valence-electron chi connectivity index (χ1n) is 8.48. The first-order chi connectivity index (χ1) is 11.1. The Morgan fingerprint density at radius 2 is 2.35 bits per heavy atom. The fourth-order valence-electron chi connectivity index (χ4n) is 2.73. The number of thiophene rings is 1. The quantitative estimate of drug-likeness (QED) is 0.620. The van der Waals surface area contributed by atoms with Gasteiger partial charge in [0.2, 0.25) is 5.91 Å². The predicted octanol–water partition coefficient (Wildman–Crippen LogP) is 2.42. The number of carbonyl (C=O) groups excluding carboxylic acids is 1. The fourth-order valence-corrected chi connectivity index (χ4v) is 3.51. The van der Waals surface area contributed by atoms with Crippen LogP contribution in [0.25, 0.3) is 0 Å². The molecular weight excluding hydrogens is 308 g/mol. The molecule has 0 saturated carbocycles. The average molecular weight is 337 g/mol. The first-order valence-corrected chi connectivity index (χ1v) is 9.43. The molecule has 1 amide bonds. The number of hydrogen-bond acceptors (Lipinski definition) is 3. The zero-order chi connectivity index (χ0) is 16.7. The average Bonchev–Trinajstić information content (AvgIpc) is 3.23. The number of nitrogens with zero attached hydrogens (tertiary/aromatic N) is 2. The van der Waals surface area contributed by atoms with Gasteiger partial charge in [0.15, 0.2) is 5.96 Å². The van der Waals surface area contributed by atoms with E-state index in [1.807, 2.05) is 11.8 Å². The third kappa shape index (κ3) is 5.23. The van der Waals surface area contributed by atoms with Crippen LogP contribution in [-0.2, 0) is 4.79 Å². The van der Waals surface area contributed by atoms with Gasteiger partial charge >= 0.3 is 0 Å². The Labute approximate surface area is 143 Å². The van der Waals surface area contributed by atoms with E-state index >= 15 is 0 Å². The lowest BCUT2D eigenvalue weighted by atomic mass is 10.1. The van der Waals surface area contributed by atoms with Crippen LogP contribution in [-0.4, -0.2) is 49.0 Å². The lowest BCUT2D eigenvalue weighted by molar-refractivity contribution is -0.129. The maximum absolute atomic E-state index is 11.8. The van der Waals surface area contributed by atoms with Crippen LogP contribution in [0.15, 0.2) is 21.8 Å². The van der Waals surface area contributed by atoms with Crippen molar-refractivity contribution in [2.75, 3.05) is 26.2 Å². The number of aliphatic imine (C=N–C) groups is 1. The molecule has 0 spiro atoms. The topological polar surface area (TPSA) is 56.7 Å². The van der Waals surface area contributed by atoms with Crippen molar-refractivity contribution in [3.63, 3.8) is 0 Å². The molecule has 2 atom stereocenters. The summed E-state index contributed by atoms with van der Waals surface area (Å²) < 4.78 is 0. The number of likely N-dealkylation sites (tertiary alicyclic amines) is 1. The molecule has 1 aromatic heterocycles. The van der Waals surface area contributed by atoms with Gasteiger partial charge in [-0.2, -0.15) is 11.3 Å². The van der Waals surface area contributed by atoms with Crippen LogP contribution in [0.2, 0.25) is 0 Å². The predicted molar refractivity (Wildman–Crippen MR) is 97.1 cm³/mol. The van der Waals surface area contributed by atoms with E-state index < -0.39 is 0 Å². The molecule has 1 aromatic rings. The van der Waals surface area contributed by atoms with Crippen molar-refractivity contribution in [3.05, 3.63) is 22.4 Å². The van der Waals surface area contributed by atoms with Crippen LogP contribution >= 0.6 is 11.3 Å². The number of nitrogens with one attached hydrogen (secondary N) is 2. The van der Waals surface area contributed by atoms with Gasteiger partial charge in [0.25, 0.3) is 0 Å². The Balaban J connectivity index is 1.88. The van der Waals surface area contributed by atoms with Gasteiger partial charge in [-0.1, -0.05) is 13.8 Å². The lowest BCUT2D eigenvalue weighted by Gasteiger charge is -2.19. The second-order valence-electron chi connectivity index (χ2n) is 6.00. The van der Waals surface area contributed by atoms with E-state index in [9.17, 15) is 4.79 Å². The molecule has 0 bridgehead atoms. The van der Waals surface area contributed by atoms with E-state index in [-0.39, 0.29) is 5.91 Å². The minimum absolute atomic E-state index is 0.238. The minimum Gasteiger partial charge on any atom is -0.357 e. The normalized spacial score (nSPS) is 19.7. The fraction of sp³-hybridized carbons (Fsp3) is 0.647. The monoisotopic (exact) mass is 336 g/mol. The highest BCUT2D eigenvalue weighted by Gasteiger charge is 2.25. The second kappa shape index (κ2) is 8.91. The van der Waals surface area contributed by atoms with Gasteiger partial charge in [0.05, 0.1) is 0 Å². The highest BCUT2D eigenvalue weighted by molar-refractivity contribution is 7.07.